The van der Waals surface area contributed by atoms with Crippen molar-refractivity contribution in [1.29, 1.82) is 0 Å². The molecule has 192 valence electrons. The van der Waals surface area contributed by atoms with Gasteiger partial charge in [-0.2, -0.15) is 0 Å². The highest BCUT2D eigenvalue weighted by molar-refractivity contribution is 5.87. The molecule has 10 heteroatoms. The van der Waals surface area contributed by atoms with Crippen molar-refractivity contribution >= 4 is 5.97 Å². The summed E-state index contributed by atoms with van der Waals surface area (Å²) in [6, 6.07) is 3.05. The highest BCUT2D eigenvalue weighted by atomic mass is 16.7. The summed E-state index contributed by atoms with van der Waals surface area (Å²) < 4.78 is 12.0. The van der Waals surface area contributed by atoms with Crippen LogP contribution in [0.1, 0.15) is 57.9 Å². The van der Waals surface area contributed by atoms with Crippen molar-refractivity contribution in [2.45, 2.75) is 93.5 Å². The Morgan fingerprint density at radius 2 is 1.86 bits per heavy atom. The third-order valence-corrected chi connectivity index (χ3v) is 10.9. The number of aromatic amines is 1. The van der Waals surface area contributed by atoms with Crippen LogP contribution in [-0.4, -0.2) is 87.6 Å². The van der Waals surface area contributed by atoms with E-state index >= 15 is 0 Å². The highest BCUT2D eigenvalue weighted by Crippen LogP contribution is 2.90. The second-order valence-corrected chi connectivity index (χ2v) is 12.0. The summed E-state index contributed by atoms with van der Waals surface area (Å²) in [4.78, 5) is 15.9. The lowest BCUT2D eigenvalue weighted by Gasteiger charge is -2.59. The summed E-state index contributed by atoms with van der Waals surface area (Å²) >= 11 is 0. The zero-order valence-corrected chi connectivity index (χ0v) is 20.4. The average Bonchev–Trinajstić information content (AvgIpc) is 3.41. The summed E-state index contributed by atoms with van der Waals surface area (Å²) in [5.74, 6) is -3.94. The zero-order valence-electron chi connectivity index (χ0n) is 20.4. The van der Waals surface area contributed by atoms with Gasteiger partial charge in [-0.15, -0.1) is 0 Å². The van der Waals surface area contributed by atoms with E-state index in [-0.39, 0.29) is 18.5 Å². The first-order valence-electron chi connectivity index (χ1n) is 12.0. The van der Waals surface area contributed by atoms with E-state index in [4.69, 9.17) is 9.47 Å². The second kappa shape index (κ2) is 5.85. The Morgan fingerprint density at radius 3 is 2.43 bits per heavy atom. The number of hydrogen-bond donors (Lipinski definition) is 7. The molecule has 3 saturated carbocycles. The topological polar surface area (TPSA) is 173 Å². The number of aliphatic hydroxyl groups is 6. The van der Waals surface area contributed by atoms with Crippen molar-refractivity contribution in [2.24, 2.45) is 16.7 Å². The Bertz CT molecular complexity index is 1180. The molecule has 0 aromatic carbocycles. The first-order chi connectivity index (χ1) is 16.0. The van der Waals surface area contributed by atoms with E-state index in [0.717, 1.165) is 0 Å². The lowest BCUT2D eigenvalue weighted by atomic mass is 9.52. The molecule has 2 saturated heterocycles. The summed E-state index contributed by atoms with van der Waals surface area (Å²) in [6.07, 6.45) is -0.760. The molecule has 0 radical (unpaired) electrons. The van der Waals surface area contributed by atoms with Crippen LogP contribution in [0.4, 0.5) is 0 Å². The highest BCUT2D eigenvalue weighted by Gasteiger charge is 3.10. The van der Waals surface area contributed by atoms with Crippen molar-refractivity contribution in [2.75, 3.05) is 0 Å². The molecular formula is C25H33NO9. The molecule has 35 heavy (non-hydrogen) atoms. The van der Waals surface area contributed by atoms with Crippen LogP contribution < -0.4 is 0 Å². The smallest absolute Gasteiger partial charge is 0.355 e. The molecule has 3 heterocycles. The molecular weight excluding hydrogens is 458 g/mol. The Hall–Kier alpha value is -1.79. The number of carbonyl (C=O) groups excluding carboxylic acids is 1. The average molecular weight is 492 g/mol. The van der Waals surface area contributed by atoms with Gasteiger partial charge in [-0.1, -0.05) is 26.8 Å². The minimum atomic E-state index is -2.63. The first kappa shape index (κ1) is 23.6. The van der Waals surface area contributed by atoms with Gasteiger partial charge in [0.1, 0.15) is 34.2 Å². The third kappa shape index (κ3) is 1.71. The van der Waals surface area contributed by atoms with Crippen LogP contribution in [0.15, 0.2) is 30.0 Å². The Kier molecular flexibility index (Phi) is 3.95. The van der Waals surface area contributed by atoms with Gasteiger partial charge >= 0.3 is 5.97 Å². The molecule has 6 aliphatic rings. The quantitative estimate of drug-likeness (QED) is 0.222. The lowest BCUT2D eigenvalue weighted by molar-refractivity contribution is -0.379. The fraction of sp³-hybridized carbons (Fsp3) is 0.720. The molecule has 5 fully saturated rings. The van der Waals surface area contributed by atoms with E-state index in [0.29, 0.717) is 5.57 Å². The van der Waals surface area contributed by atoms with Crippen LogP contribution >= 0.6 is 0 Å². The number of nitrogens with one attached hydrogen (secondary N) is 1. The van der Waals surface area contributed by atoms with Gasteiger partial charge in [-0.25, -0.2) is 4.79 Å². The number of hydrogen-bond acceptors (Lipinski definition) is 9. The second-order valence-electron chi connectivity index (χ2n) is 12.0. The van der Waals surface area contributed by atoms with Crippen LogP contribution in [0.25, 0.3) is 0 Å². The third-order valence-electron chi connectivity index (χ3n) is 10.9. The molecule has 6 bridgehead atoms. The SMILES string of the molecule is CC1=CC[C@]2(O)[C@]3(C)C[C@]4(O)O[C@@]2([C@@H]1O)[C@]1(O)[C@@]3(O)[C@H](OC(=O)c2ccc[nH]2)[C@](O)(C(C)C)[C@@]14C. The largest absolute Gasteiger partial charge is 0.451 e. The molecule has 0 unspecified atom stereocenters. The molecule has 1 spiro atoms. The van der Waals surface area contributed by atoms with Gasteiger partial charge < -0.3 is 45.1 Å². The number of aliphatic hydroxyl groups excluding tert-OH is 1. The predicted molar refractivity (Wildman–Crippen MR) is 119 cm³/mol. The predicted octanol–water partition coefficient (Wildman–Crippen LogP) is -0.268. The maximum Gasteiger partial charge on any atom is 0.355 e. The van der Waals surface area contributed by atoms with Crippen LogP contribution in [-0.2, 0) is 9.47 Å². The van der Waals surface area contributed by atoms with Gasteiger partial charge in [0, 0.05) is 18.0 Å². The first-order valence-corrected chi connectivity index (χ1v) is 12.0. The molecule has 10 nitrogen and oxygen atoms in total. The molecule has 1 aromatic heterocycles. The summed E-state index contributed by atoms with van der Waals surface area (Å²) in [6.45, 7) is 7.70. The van der Waals surface area contributed by atoms with E-state index in [1.807, 2.05) is 0 Å². The van der Waals surface area contributed by atoms with Gasteiger partial charge in [0.2, 0.25) is 0 Å². The fourth-order valence-electron chi connectivity index (χ4n) is 9.18. The van der Waals surface area contributed by atoms with Gasteiger partial charge in [-0.3, -0.25) is 0 Å². The van der Waals surface area contributed by atoms with Gasteiger partial charge in [-0.05, 0) is 43.9 Å². The lowest BCUT2D eigenvalue weighted by Crippen LogP contribution is -2.74. The maximum atomic E-state index is 13.2. The molecule has 0 amide bonds. The van der Waals surface area contributed by atoms with E-state index in [9.17, 15) is 35.4 Å². The Balaban J connectivity index is 1.70. The number of rotatable bonds is 3. The molecule has 7 rings (SSSR count). The van der Waals surface area contributed by atoms with Crippen molar-refractivity contribution in [1.82, 2.24) is 4.98 Å². The zero-order chi connectivity index (χ0) is 25.8. The van der Waals surface area contributed by atoms with E-state index in [1.165, 1.54) is 26.1 Å². The number of aromatic nitrogens is 1. The minimum absolute atomic E-state index is 0.0581. The van der Waals surface area contributed by atoms with Crippen molar-refractivity contribution < 1.29 is 44.9 Å². The summed E-state index contributed by atoms with van der Waals surface area (Å²) in [5.41, 5.74) is -15.2. The number of esters is 1. The van der Waals surface area contributed by atoms with Gasteiger partial charge in [0.25, 0.3) is 0 Å². The molecule has 1 aromatic rings. The van der Waals surface area contributed by atoms with Crippen LogP contribution in [0, 0.1) is 16.7 Å². The van der Waals surface area contributed by atoms with Crippen LogP contribution in [0.3, 0.4) is 0 Å². The molecule has 10 atom stereocenters. The fourth-order valence-corrected chi connectivity index (χ4v) is 9.18. The van der Waals surface area contributed by atoms with Crippen molar-refractivity contribution in [3.05, 3.63) is 35.7 Å². The normalized spacial score (nSPS) is 57.5. The maximum absolute atomic E-state index is 13.2. The summed E-state index contributed by atoms with van der Waals surface area (Å²) in [7, 11) is 0. The molecule has 7 N–H and O–H groups in total. The van der Waals surface area contributed by atoms with Crippen LogP contribution in [0.5, 0.6) is 0 Å². The minimum Gasteiger partial charge on any atom is -0.451 e. The number of ether oxygens (including phenoxy) is 2. The Labute approximate surface area is 202 Å². The monoisotopic (exact) mass is 491 g/mol. The van der Waals surface area contributed by atoms with Crippen molar-refractivity contribution in [3.63, 3.8) is 0 Å². The van der Waals surface area contributed by atoms with Gasteiger partial charge in [0.15, 0.2) is 17.5 Å². The summed E-state index contributed by atoms with van der Waals surface area (Å²) in [5, 5.41) is 73.7. The van der Waals surface area contributed by atoms with E-state index in [1.54, 1.807) is 32.9 Å². The number of H-pyrrole nitrogens is 1. The number of carbonyl (C=O) groups is 1. The van der Waals surface area contributed by atoms with E-state index in [2.05, 4.69) is 4.98 Å². The van der Waals surface area contributed by atoms with E-state index < -0.39 is 68.7 Å². The molecule has 2 aliphatic heterocycles. The van der Waals surface area contributed by atoms with Crippen molar-refractivity contribution in [3.8, 4) is 0 Å². The Morgan fingerprint density at radius 1 is 1.20 bits per heavy atom. The van der Waals surface area contributed by atoms with Gasteiger partial charge in [0.05, 0.1) is 5.41 Å². The molecule has 4 aliphatic carbocycles. The standard InChI is InChI=1S/C25H33NO9/c1-12(2)22(31)17(34-16(28)14-7-6-10-26-14)23(32)18(4)11-21(30)19(22,5)25(23,33)24(35-21)15(27)13(3)8-9-20(18,24)29/h6-8,10,12,15,17,26-27,29-33H,9,11H2,1-5H3/t15-,17-,18+,19+,20+,21+,22-,23-,24-,25-/m1/s1. The van der Waals surface area contributed by atoms with Crippen LogP contribution in [0.2, 0.25) is 0 Å².